The number of amides is 1. The molecule has 0 spiro atoms. The summed E-state index contributed by atoms with van der Waals surface area (Å²) in [6, 6.07) is -0.184. The lowest BCUT2D eigenvalue weighted by atomic mass is 10.1. The molecule has 4 nitrogen and oxygen atoms in total. The Morgan fingerprint density at radius 2 is 2.18 bits per heavy atom. The molecule has 1 unspecified atom stereocenters. The summed E-state index contributed by atoms with van der Waals surface area (Å²) < 4.78 is 5.21. The molecule has 0 aliphatic rings. The van der Waals surface area contributed by atoms with Crippen LogP contribution in [0.5, 0.6) is 0 Å². The van der Waals surface area contributed by atoms with Crippen molar-refractivity contribution in [3.05, 3.63) is 21.9 Å². The molecule has 0 aromatic carbocycles. The van der Waals surface area contributed by atoms with Crippen LogP contribution >= 0.6 is 11.3 Å². The van der Waals surface area contributed by atoms with Crippen LogP contribution in [0.2, 0.25) is 0 Å². The van der Waals surface area contributed by atoms with E-state index in [-0.39, 0.29) is 6.04 Å². The molecule has 1 aromatic rings. The number of hydrogen-bond donors (Lipinski definition) is 2. The normalized spacial score (nSPS) is 13.2. The number of ether oxygens (including phenoxy) is 1. The molecule has 1 rings (SSSR count). The van der Waals surface area contributed by atoms with E-state index in [1.165, 1.54) is 0 Å². The highest BCUT2D eigenvalue weighted by molar-refractivity contribution is 7.08. The summed E-state index contributed by atoms with van der Waals surface area (Å²) in [5.74, 6) is 0. The first kappa shape index (κ1) is 14.0. The lowest BCUT2D eigenvalue weighted by Gasteiger charge is -2.23. The zero-order valence-corrected chi connectivity index (χ0v) is 11.6. The summed E-state index contributed by atoms with van der Waals surface area (Å²) in [6.07, 6.45) is -0.432. The Bertz CT molecular complexity index is 382. The second kappa shape index (κ2) is 5.51. The van der Waals surface area contributed by atoms with E-state index in [0.29, 0.717) is 6.54 Å². The molecule has 0 saturated heterocycles. The lowest BCUT2D eigenvalue weighted by molar-refractivity contribution is 0.0505. The van der Waals surface area contributed by atoms with Crippen molar-refractivity contribution in [3.8, 4) is 0 Å². The van der Waals surface area contributed by atoms with E-state index >= 15 is 0 Å². The Labute approximate surface area is 106 Å². The van der Waals surface area contributed by atoms with Gasteiger partial charge in [-0.3, -0.25) is 0 Å². The Balaban J connectivity index is 2.66. The molecule has 96 valence electrons. The van der Waals surface area contributed by atoms with Gasteiger partial charge < -0.3 is 15.8 Å². The van der Waals surface area contributed by atoms with Gasteiger partial charge in [0.25, 0.3) is 0 Å². The lowest BCUT2D eigenvalue weighted by Crippen LogP contribution is -2.37. The molecule has 17 heavy (non-hydrogen) atoms. The van der Waals surface area contributed by atoms with Crippen LogP contribution in [-0.4, -0.2) is 18.2 Å². The maximum Gasteiger partial charge on any atom is 0.408 e. The van der Waals surface area contributed by atoms with Crippen molar-refractivity contribution in [1.82, 2.24) is 5.32 Å². The Hall–Kier alpha value is -1.07. The summed E-state index contributed by atoms with van der Waals surface area (Å²) in [5.41, 5.74) is 7.39. The molecule has 0 aliphatic heterocycles. The molecule has 0 aliphatic carbocycles. The largest absolute Gasteiger partial charge is 0.444 e. The topological polar surface area (TPSA) is 64.3 Å². The van der Waals surface area contributed by atoms with E-state index in [0.717, 1.165) is 11.1 Å². The fraction of sp³-hybridized carbons (Fsp3) is 0.583. The van der Waals surface area contributed by atoms with Crippen molar-refractivity contribution in [3.63, 3.8) is 0 Å². The van der Waals surface area contributed by atoms with E-state index in [1.807, 2.05) is 38.5 Å². The minimum absolute atomic E-state index is 0.184. The molecule has 0 radical (unpaired) electrons. The molecule has 1 aromatic heterocycles. The predicted octanol–water partition coefficient (Wildman–Crippen LogP) is 2.58. The van der Waals surface area contributed by atoms with Gasteiger partial charge in [-0.15, -0.1) is 0 Å². The van der Waals surface area contributed by atoms with Crippen molar-refractivity contribution in [2.75, 3.05) is 6.54 Å². The van der Waals surface area contributed by atoms with E-state index in [1.54, 1.807) is 11.3 Å². The molecular formula is C12H20N2O2S. The smallest absolute Gasteiger partial charge is 0.408 e. The molecular weight excluding hydrogens is 236 g/mol. The highest BCUT2D eigenvalue weighted by Crippen LogP contribution is 2.21. The van der Waals surface area contributed by atoms with Crippen molar-refractivity contribution in [2.45, 2.75) is 39.3 Å². The van der Waals surface area contributed by atoms with Crippen LogP contribution < -0.4 is 11.1 Å². The minimum atomic E-state index is -0.493. The third-order valence-corrected chi connectivity index (χ3v) is 3.08. The Kier molecular flexibility index (Phi) is 4.54. The highest BCUT2D eigenvalue weighted by atomic mass is 32.1. The molecule has 0 fully saturated rings. The number of alkyl carbamates (subject to hydrolysis) is 1. The average molecular weight is 256 g/mol. The summed E-state index contributed by atoms with van der Waals surface area (Å²) >= 11 is 1.60. The molecule has 1 amide bonds. The number of hydrogen-bond acceptors (Lipinski definition) is 4. The molecule has 3 N–H and O–H groups in total. The number of nitrogens with two attached hydrogens (primary N) is 1. The first-order chi connectivity index (χ1) is 7.83. The number of carbonyl (C=O) groups is 1. The van der Waals surface area contributed by atoms with Crippen LogP contribution in [-0.2, 0) is 4.74 Å². The molecule has 0 bridgehead atoms. The van der Waals surface area contributed by atoms with E-state index in [4.69, 9.17) is 10.5 Å². The van der Waals surface area contributed by atoms with Gasteiger partial charge >= 0.3 is 6.09 Å². The van der Waals surface area contributed by atoms with Crippen LogP contribution in [0.1, 0.15) is 37.9 Å². The third kappa shape index (κ3) is 4.36. The standard InChI is InChI=1S/C12H20N2O2S/c1-8-6-17-7-9(8)10(5-13)14-11(15)16-12(2,3)4/h6-7,10H,5,13H2,1-4H3,(H,14,15). The monoisotopic (exact) mass is 256 g/mol. The Morgan fingerprint density at radius 1 is 1.53 bits per heavy atom. The van der Waals surface area contributed by atoms with Crippen molar-refractivity contribution in [2.24, 2.45) is 5.73 Å². The van der Waals surface area contributed by atoms with Gasteiger partial charge in [0.15, 0.2) is 0 Å². The van der Waals surface area contributed by atoms with Gasteiger partial charge in [0.1, 0.15) is 5.60 Å². The first-order valence-corrected chi connectivity index (χ1v) is 6.50. The van der Waals surface area contributed by atoms with Crippen LogP contribution in [0.4, 0.5) is 4.79 Å². The van der Waals surface area contributed by atoms with Crippen LogP contribution in [0.15, 0.2) is 10.8 Å². The van der Waals surface area contributed by atoms with E-state index in [2.05, 4.69) is 5.32 Å². The summed E-state index contributed by atoms with van der Waals surface area (Å²) in [7, 11) is 0. The second-order valence-corrected chi connectivity index (χ2v) is 5.69. The van der Waals surface area contributed by atoms with Gasteiger partial charge in [-0.05, 0) is 49.6 Å². The van der Waals surface area contributed by atoms with Gasteiger partial charge in [-0.1, -0.05) is 0 Å². The summed E-state index contributed by atoms with van der Waals surface area (Å²) in [4.78, 5) is 11.6. The number of thiophene rings is 1. The fourth-order valence-electron chi connectivity index (χ4n) is 1.44. The van der Waals surface area contributed by atoms with Crippen LogP contribution in [0.3, 0.4) is 0 Å². The zero-order chi connectivity index (χ0) is 13.1. The molecule has 0 saturated carbocycles. The zero-order valence-electron chi connectivity index (χ0n) is 10.7. The minimum Gasteiger partial charge on any atom is -0.444 e. The summed E-state index contributed by atoms with van der Waals surface area (Å²) in [5, 5.41) is 6.83. The van der Waals surface area contributed by atoms with Gasteiger partial charge in [0.2, 0.25) is 0 Å². The van der Waals surface area contributed by atoms with Gasteiger partial charge in [0.05, 0.1) is 6.04 Å². The number of nitrogens with one attached hydrogen (secondary N) is 1. The summed E-state index contributed by atoms with van der Waals surface area (Å²) in [6.45, 7) is 7.86. The molecule has 5 heteroatoms. The SMILES string of the molecule is Cc1cscc1C(CN)NC(=O)OC(C)(C)C. The van der Waals surface area contributed by atoms with Gasteiger partial charge in [0, 0.05) is 6.54 Å². The van der Waals surface area contributed by atoms with E-state index < -0.39 is 11.7 Å². The van der Waals surface area contributed by atoms with Crippen molar-refractivity contribution < 1.29 is 9.53 Å². The number of aryl methyl sites for hydroxylation is 1. The average Bonchev–Trinajstić information content (AvgIpc) is 2.58. The Morgan fingerprint density at radius 3 is 2.59 bits per heavy atom. The second-order valence-electron chi connectivity index (χ2n) is 4.94. The predicted molar refractivity (Wildman–Crippen MR) is 70.2 cm³/mol. The van der Waals surface area contributed by atoms with Gasteiger partial charge in [-0.2, -0.15) is 11.3 Å². The quantitative estimate of drug-likeness (QED) is 0.873. The van der Waals surface area contributed by atoms with Crippen LogP contribution in [0, 0.1) is 6.92 Å². The third-order valence-electron chi connectivity index (χ3n) is 2.20. The molecule has 1 atom stereocenters. The van der Waals surface area contributed by atoms with Crippen molar-refractivity contribution in [1.29, 1.82) is 0 Å². The van der Waals surface area contributed by atoms with Gasteiger partial charge in [-0.25, -0.2) is 4.79 Å². The maximum absolute atomic E-state index is 11.6. The number of rotatable bonds is 3. The van der Waals surface area contributed by atoms with Crippen molar-refractivity contribution >= 4 is 17.4 Å². The molecule has 1 heterocycles. The van der Waals surface area contributed by atoms with Crippen LogP contribution in [0.25, 0.3) is 0 Å². The first-order valence-electron chi connectivity index (χ1n) is 5.55. The fourth-order valence-corrected chi connectivity index (χ4v) is 2.35. The maximum atomic E-state index is 11.6. The highest BCUT2D eigenvalue weighted by Gasteiger charge is 2.20. The number of carbonyl (C=O) groups excluding carboxylic acids is 1. The van der Waals surface area contributed by atoms with E-state index in [9.17, 15) is 4.79 Å².